The van der Waals surface area contributed by atoms with Crippen LogP contribution in [0.15, 0.2) is 78.1 Å². The molecule has 116 valence electrons. The van der Waals surface area contributed by atoms with Crippen molar-refractivity contribution < 1.29 is 5.21 Å². The first-order valence-electron chi connectivity index (χ1n) is 7.62. The van der Waals surface area contributed by atoms with E-state index in [1.165, 1.54) is 0 Å². The lowest BCUT2D eigenvalue weighted by molar-refractivity contribution is 0.304. The number of aromatic nitrogens is 1. The molecular formula is C20H15N3O. The minimum Gasteiger partial charge on any atom is -0.410 e. The average molecular weight is 313 g/mol. The van der Waals surface area contributed by atoms with E-state index in [1.807, 2.05) is 72.9 Å². The highest BCUT2D eigenvalue weighted by Crippen LogP contribution is 2.22. The Morgan fingerprint density at radius 3 is 2.42 bits per heavy atom. The Morgan fingerprint density at radius 2 is 1.62 bits per heavy atom. The first-order chi connectivity index (χ1) is 11.8. The molecular weight excluding hydrogens is 298 g/mol. The topological polar surface area (TPSA) is 71.5 Å². The van der Waals surface area contributed by atoms with E-state index in [-0.39, 0.29) is 0 Å². The fourth-order valence-electron chi connectivity index (χ4n) is 2.93. The van der Waals surface area contributed by atoms with E-state index in [0.717, 1.165) is 32.8 Å². The minimum atomic E-state index is 0.475. The number of benzene rings is 2. The van der Waals surface area contributed by atoms with Gasteiger partial charge >= 0.3 is 0 Å². The highest BCUT2D eigenvalue weighted by Gasteiger charge is 2.06. The Morgan fingerprint density at radius 1 is 0.833 bits per heavy atom. The molecule has 3 aromatic carbocycles. The second kappa shape index (κ2) is 5.66. The van der Waals surface area contributed by atoms with Crippen LogP contribution in [0.3, 0.4) is 0 Å². The molecule has 4 nitrogen and oxygen atoms in total. The van der Waals surface area contributed by atoms with Gasteiger partial charge in [-0.25, -0.2) is 0 Å². The van der Waals surface area contributed by atoms with Gasteiger partial charge in [-0.1, -0.05) is 47.6 Å². The zero-order valence-electron chi connectivity index (χ0n) is 12.8. The van der Waals surface area contributed by atoms with Crippen LogP contribution in [0, 0.1) is 0 Å². The maximum absolute atomic E-state index is 9.65. The van der Waals surface area contributed by atoms with E-state index >= 15 is 0 Å². The van der Waals surface area contributed by atoms with E-state index in [1.54, 1.807) is 0 Å². The molecule has 0 fully saturated rings. The summed E-state index contributed by atoms with van der Waals surface area (Å²) in [4.78, 5) is 4.55. The van der Waals surface area contributed by atoms with Crippen LogP contribution in [0.25, 0.3) is 32.8 Å². The number of pyridine rings is 1. The Balaban J connectivity index is 2.14. The molecule has 3 N–H and O–H groups in total. The molecule has 0 aliphatic rings. The molecule has 0 aliphatic carbocycles. The predicted octanol–water partition coefficient (Wildman–Crippen LogP) is 3.93. The summed E-state index contributed by atoms with van der Waals surface area (Å²) in [5, 5.41) is 16.2. The predicted molar refractivity (Wildman–Crippen MR) is 96.4 cm³/mol. The molecule has 0 bridgehead atoms. The first-order valence-corrected chi connectivity index (χ1v) is 7.62. The van der Waals surface area contributed by atoms with E-state index in [4.69, 9.17) is 5.73 Å². The van der Waals surface area contributed by atoms with Crippen molar-refractivity contribution in [1.82, 2.24) is 4.98 Å². The fourth-order valence-corrected chi connectivity index (χ4v) is 2.93. The van der Waals surface area contributed by atoms with Crippen LogP contribution in [-0.4, -0.2) is 10.2 Å². The van der Waals surface area contributed by atoms with Crippen LogP contribution >= 0.6 is 0 Å². The van der Waals surface area contributed by atoms with Gasteiger partial charge in [0.25, 0.3) is 0 Å². The van der Waals surface area contributed by atoms with E-state index < -0.39 is 0 Å². The molecule has 0 amide bonds. The molecule has 0 radical (unpaired) electrons. The van der Waals surface area contributed by atoms with E-state index in [0.29, 0.717) is 11.0 Å². The molecule has 4 aromatic rings. The summed E-state index contributed by atoms with van der Waals surface area (Å²) in [6.07, 6.45) is 1.83. The normalized spacial score (nSPS) is 11.9. The maximum atomic E-state index is 9.65. The van der Waals surface area contributed by atoms with Crippen molar-refractivity contribution in [3.63, 3.8) is 0 Å². The maximum Gasteiger partial charge on any atom is 0.119 e. The van der Waals surface area contributed by atoms with Gasteiger partial charge in [0.1, 0.15) is 5.36 Å². The summed E-state index contributed by atoms with van der Waals surface area (Å²) in [5.74, 6) is 0. The summed E-state index contributed by atoms with van der Waals surface area (Å²) >= 11 is 0. The summed E-state index contributed by atoms with van der Waals surface area (Å²) in [6.45, 7) is 0. The number of hydrogen-bond acceptors (Lipinski definition) is 4. The quantitative estimate of drug-likeness (QED) is 0.318. The molecule has 4 heteroatoms. The Bertz CT molecular complexity index is 1120. The molecule has 0 spiro atoms. The van der Waals surface area contributed by atoms with Crippen LogP contribution in [0.1, 0.15) is 0 Å². The molecule has 4 rings (SSSR count). The second-order valence-electron chi connectivity index (χ2n) is 5.65. The summed E-state index contributed by atoms with van der Waals surface area (Å²) < 4.78 is 0. The largest absolute Gasteiger partial charge is 0.410 e. The molecule has 0 saturated carbocycles. The van der Waals surface area contributed by atoms with Crippen LogP contribution in [0.4, 0.5) is 5.69 Å². The number of hydrogen-bond donors (Lipinski definition) is 2. The van der Waals surface area contributed by atoms with Crippen molar-refractivity contribution in [2.45, 2.75) is 0 Å². The summed E-state index contributed by atoms with van der Waals surface area (Å²) in [5.41, 5.74) is 9.33. The Kier molecular flexibility index (Phi) is 3.35. The number of nitrogens with zero attached hydrogens (tertiary/aromatic N) is 2. The van der Waals surface area contributed by atoms with Crippen molar-refractivity contribution in [1.29, 1.82) is 0 Å². The molecule has 0 unspecified atom stereocenters. The lowest BCUT2D eigenvalue weighted by Gasteiger charge is -2.02. The van der Waals surface area contributed by atoms with Gasteiger partial charge in [0.2, 0.25) is 0 Å². The highest BCUT2D eigenvalue weighted by molar-refractivity contribution is 5.94. The van der Waals surface area contributed by atoms with Crippen LogP contribution in [0.2, 0.25) is 0 Å². The molecule has 24 heavy (non-hydrogen) atoms. The van der Waals surface area contributed by atoms with E-state index in [2.05, 4.69) is 10.1 Å². The van der Waals surface area contributed by atoms with E-state index in [9.17, 15) is 5.21 Å². The average Bonchev–Trinajstić information content (AvgIpc) is 2.78. The smallest absolute Gasteiger partial charge is 0.119 e. The van der Waals surface area contributed by atoms with Crippen molar-refractivity contribution >= 4 is 27.4 Å². The highest BCUT2D eigenvalue weighted by atomic mass is 16.4. The van der Waals surface area contributed by atoms with Crippen molar-refractivity contribution in [2.24, 2.45) is 5.16 Å². The van der Waals surface area contributed by atoms with Crippen molar-refractivity contribution in [3.05, 3.63) is 78.3 Å². The molecule has 1 heterocycles. The monoisotopic (exact) mass is 313 g/mol. The zero-order valence-corrected chi connectivity index (χ0v) is 12.8. The Labute approximate surface area is 138 Å². The lowest BCUT2D eigenvalue weighted by Crippen LogP contribution is -2.03. The zero-order chi connectivity index (χ0) is 16.5. The van der Waals surface area contributed by atoms with Gasteiger partial charge < -0.3 is 10.9 Å². The number of nitrogen functional groups attached to an aromatic ring is 1. The number of rotatable bonds is 1. The lowest BCUT2D eigenvalue weighted by atomic mass is 10.1. The van der Waals surface area contributed by atoms with Crippen LogP contribution in [0.5, 0.6) is 0 Å². The van der Waals surface area contributed by atoms with Crippen LogP contribution < -0.4 is 11.1 Å². The standard InChI is InChI=1S/C20H15N3O/c21-16-8-6-14-7-9-19-18(20(23-24)17(14)11-16)10-15(12-22-19)13-4-2-1-3-5-13/h1-12,24H,21H2/b23-20+. The second-order valence-corrected chi connectivity index (χ2v) is 5.65. The molecule has 0 atom stereocenters. The number of nitrogens with two attached hydrogens (primary N) is 1. The minimum absolute atomic E-state index is 0.475. The third-order valence-corrected chi connectivity index (χ3v) is 4.13. The van der Waals surface area contributed by atoms with Gasteiger partial charge in [0.05, 0.1) is 5.52 Å². The van der Waals surface area contributed by atoms with Crippen LogP contribution in [-0.2, 0) is 0 Å². The van der Waals surface area contributed by atoms with Gasteiger partial charge in [-0.3, -0.25) is 4.98 Å². The van der Waals surface area contributed by atoms with Gasteiger partial charge in [0, 0.05) is 28.2 Å². The summed E-state index contributed by atoms with van der Waals surface area (Å²) in [6, 6.07) is 21.4. The third-order valence-electron chi connectivity index (χ3n) is 4.13. The van der Waals surface area contributed by atoms with Gasteiger partial charge in [-0.2, -0.15) is 0 Å². The Hall–Kier alpha value is -3.40. The van der Waals surface area contributed by atoms with Gasteiger partial charge in [-0.05, 0) is 35.2 Å². The fraction of sp³-hybridized carbons (Fsp3) is 0. The molecule has 0 aliphatic heterocycles. The molecule has 0 saturated heterocycles. The molecule has 1 aromatic heterocycles. The first kappa shape index (κ1) is 14.2. The number of fused-ring (bicyclic) bond motifs is 2. The van der Waals surface area contributed by atoms with Crippen molar-refractivity contribution in [3.8, 4) is 11.1 Å². The SMILES string of the molecule is Nc1ccc2ccc3ncc(-c4ccccc4)cc3/c(=N/O)c2c1. The third kappa shape index (κ3) is 2.34. The van der Waals surface area contributed by atoms with Gasteiger partial charge in [0.15, 0.2) is 0 Å². The van der Waals surface area contributed by atoms with Gasteiger partial charge in [-0.15, -0.1) is 0 Å². The summed E-state index contributed by atoms with van der Waals surface area (Å²) in [7, 11) is 0. The van der Waals surface area contributed by atoms with Crippen molar-refractivity contribution in [2.75, 3.05) is 5.73 Å². The number of anilines is 1.